The topological polar surface area (TPSA) is 78.6 Å². The molecule has 2 fully saturated rings. The Kier molecular flexibility index (Phi) is 7.43. The number of hydrogen-bond donors (Lipinski definition) is 1. The van der Waals surface area contributed by atoms with E-state index in [1.807, 2.05) is 0 Å². The molecule has 4 bridgehead atoms. The summed E-state index contributed by atoms with van der Waals surface area (Å²) in [6.07, 6.45) is 19.0. The number of nitrogens with two attached hydrogens (primary N) is 1. The number of unbranched alkanes of at least 4 members (excludes halogenated alkanes) is 1. The van der Waals surface area contributed by atoms with Gasteiger partial charge in [-0.15, -0.1) is 0 Å². The number of carbonyl (C=O) groups excluding carboxylic acids is 2. The first-order valence-corrected chi connectivity index (χ1v) is 19.4. The molecule has 2 aliphatic heterocycles. The Balaban J connectivity index is 1.31. The molecule has 0 aromatic heterocycles. The van der Waals surface area contributed by atoms with Crippen LogP contribution in [0.4, 0.5) is 0 Å². The van der Waals surface area contributed by atoms with E-state index in [1.54, 1.807) is 0 Å². The number of allylic oxidation sites excluding steroid dienone is 4. The SMILES string of the molecule is CCCC=C1OC(=O)C23C4=C5CCC12C1(OC(=O)c2c(CCCN)cccc21)C3CCCCc1cccc(c1)CC(C4)C1C(C)CC=CC51. The Morgan fingerprint density at radius 2 is 1.90 bits per heavy atom. The molecule has 8 atom stereocenters. The summed E-state index contributed by atoms with van der Waals surface area (Å²) in [5.74, 6) is 2.20. The monoisotopic (exact) mass is 657 g/mol. The third-order valence-corrected chi connectivity index (χ3v) is 14.2. The molecule has 7 aliphatic rings. The van der Waals surface area contributed by atoms with Crippen molar-refractivity contribution in [1.82, 2.24) is 0 Å². The first-order chi connectivity index (χ1) is 23.9. The van der Waals surface area contributed by atoms with Gasteiger partial charge in [0.1, 0.15) is 11.2 Å². The number of fused-ring (bicyclic) bond motifs is 9. The second kappa shape index (κ2) is 11.5. The maximum atomic E-state index is 15.2. The van der Waals surface area contributed by atoms with Crippen molar-refractivity contribution in [3.05, 3.63) is 105 Å². The molecule has 49 heavy (non-hydrogen) atoms. The van der Waals surface area contributed by atoms with Crippen LogP contribution in [0.5, 0.6) is 0 Å². The standard InChI is InChI=1S/C44H51NO4/c1-3-4-20-37-42-22-21-32-33-17-7-11-27(2)38(33)31-25-29-14-8-13-28(24-29)12-5-6-19-36(43(42,35(32)26-31)41(47)48-37)44(42)34-18-9-15-30(16-10-23-45)39(34)40(46)49-44/h7-9,13-15,17-18,20,24,27,31,33,36,38H,3-6,10-12,16,19,21-23,25-26,45H2,1-2H3. The predicted octanol–water partition coefficient (Wildman–Crippen LogP) is 8.69. The maximum Gasteiger partial charge on any atom is 0.339 e. The van der Waals surface area contributed by atoms with E-state index >= 15 is 4.79 Å². The Labute approximate surface area is 291 Å². The molecule has 2 spiro atoms. The number of esters is 2. The van der Waals surface area contributed by atoms with Crippen LogP contribution in [-0.4, -0.2) is 18.5 Å². The van der Waals surface area contributed by atoms with Crippen molar-refractivity contribution in [2.45, 2.75) is 103 Å². The van der Waals surface area contributed by atoms with Gasteiger partial charge in [-0.25, -0.2) is 4.79 Å². The lowest BCUT2D eigenvalue weighted by Crippen LogP contribution is -2.77. The normalized spacial score (nSPS) is 37.7. The average Bonchev–Trinajstić information content (AvgIpc) is 3.55. The molecule has 2 heterocycles. The van der Waals surface area contributed by atoms with E-state index in [0.717, 1.165) is 106 Å². The van der Waals surface area contributed by atoms with Gasteiger partial charge in [-0.1, -0.05) is 92.5 Å². The van der Waals surface area contributed by atoms with Crippen molar-refractivity contribution in [1.29, 1.82) is 0 Å². The molecule has 0 radical (unpaired) electrons. The molecule has 8 unspecified atom stereocenters. The van der Waals surface area contributed by atoms with E-state index < -0.39 is 16.4 Å². The third kappa shape index (κ3) is 3.97. The van der Waals surface area contributed by atoms with Gasteiger partial charge in [0.05, 0.1) is 11.0 Å². The minimum atomic E-state index is -0.928. The highest BCUT2D eigenvalue weighted by atomic mass is 16.6. The largest absolute Gasteiger partial charge is 0.449 e. The summed E-state index contributed by atoms with van der Waals surface area (Å²) in [4.78, 5) is 29.5. The number of benzene rings is 2. The first kappa shape index (κ1) is 31.5. The lowest BCUT2D eigenvalue weighted by Gasteiger charge is -2.72. The summed E-state index contributed by atoms with van der Waals surface area (Å²) in [6.45, 7) is 5.19. The number of rotatable bonds is 5. The average molecular weight is 658 g/mol. The van der Waals surface area contributed by atoms with Crippen LogP contribution in [0.3, 0.4) is 0 Å². The summed E-state index contributed by atoms with van der Waals surface area (Å²) in [7, 11) is 0. The van der Waals surface area contributed by atoms with Crippen molar-refractivity contribution in [3.63, 3.8) is 0 Å². The van der Waals surface area contributed by atoms with Gasteiger partial charge in [0.15, 0.2) is 5.60 Å². The van der Waals surface area contributed by atoms with Crippen molar-refractivity contribution < 1.29 is 19.1 Å². The van der Waals surface area contributed by atoms with Crippen molar-refractivity contribution in [2.24, 2.45) is 46.2 Å². The van der Waals surface area contributed by atoms with Crippen LogP contribution >= 0.6 is 0 Å². The number of ether oxygens (including phenoxy) is 2. The summed E-state index contributed by atoms with van der Waals surface area (Å²) in [5, 5.41) is 0. The summed E-state index contributed by atoms with van der Waals surface area (Å²) >= 11 is 0. The quantitative estimate of drug-likeness (QED) is 0.257. The van der Waals surface area contributed by atoms with Crippen molar-refractivity contribution >= 4 is 11.9 Å². The Morgan fingerprint density at radius 1 is 1.04 bits per heavy atom. The molecule has 1 saturated heterocycles. The van der Waals surface area contributed by atoms with E-state index in [2.05, 4.69) is 74.5 Å². The van der Waals surface area contributed by atoms with Crippen molar-refractivity contribution in [2.75, 3.05) is 6.54 Å². The molecular formula is C44H51NO4. The molecule has 2 N–H and O–H groups in total. The second-order valence-electron chi connectivity index (χ2n) is 16.4. The van der Waals surface area contributed by atoms with Gasteiger partial charge in [-0.2, -0.15) is 0 Å². The molecule has 2 aromatic rings. The van der Waals surface area contributed by atoms with Crippen LogP contribution in [0.1, 0.15) is 111 Å². The lowest BCUT2D eigenvalue weighted by atomic mass is 9.28. The zero-order valence-electron chi connectivity index (χ0n) is 29.3. The van der Waals surface area contributed by atoms with Gasteiger partial charge in [-0.05, 0) is 118 Å². The minimum Gasteiger partial charge on any atom is -0.449 e. The van der Waals surface area contributed by atoms with E-state index in [0.29, 0.717) is 30.2 Å². The number of carbonyl (C=O) groups is 2. The second-order valence-corrected chi connectivity index (χ2v) is 16.4. The fraction of sp³-hybridized carbons (Fsp3) is 0.545. The molecule has 5 aliphatic carbocycles. The summed E-state index contributed by atoms with van der Waals surface area (Å²) < 4.78 is 13.7. The Morgan fingerprint density at radius 3 is 2.76 bits per heavy atom. The minimum absolute atomic E-state index is 0.0815. The Hall–Kier alpha value is -3.44. The van der Waals surface area contributed by atoms with Crippen LogP contribution in [0.2, 0.25) is 0 Å². The van der Waals surface area contributed by atoms with Crippen LogP contribution < -0.4 is 5.73 Å². The Bertz CT molecular complexity index is 1820. The van der Waals surface area contributed by atoms with Gasteiger partial charge in [0.25, 0.3) is 0 Å². The smallest absolute Gasteiger partial charge is 0.339 e. The summed E-state index contributed by atoms with van der Waals surface area (Å²) in [5.41, 5.74) is 11.9. The highest BCUT2D eigenvalue weighted by Gasteiger charge is 2.92. The van der Waals surface area contributed by atoms with E-state index in [4.69, 9.17) is 15.2 Å². The number of cyclic esters (lactones) is 1. The van der Waals surface area contributed by atoms with Crippen LogP contribution in [0.25, 0.3) is 0 Å². The molecule has 0 amide bonds. The summed E-state index contributed by atoms with van der Waals surface area (Å²) in [6, 6.07) is 15.6. The molecule has 5 heteroatoms. The molecule has 256 valence electrons. The van der Waals surface area contributed by atoms with E-state index in [-0.39, 0.29) is 17.9 Å². The van der Waals surface area contributed by atoms with Crippen LogP contribution in [-0.2, 0) is 39.1 Å². The van der Waals surface area contributed by atoms with Gasteiger partial charge < -0.3 is 15.2 Å². The predicted molar refractivity (Wildman–Crippen MR) is 190 cm³/mol. The molecule has 1 saturated carbocycles. The molecular weight excluding hydrogens is 606 g/mol. The fourth-order valence-corrected chi connectivity index (χ4v) is 12.6. The fourth-order valence-electron chi connectivity index (χ4n) is 12.6. The van der Waals surface area contributed by atoms with Gasteiger partial charge in [0.2, 0.25) is 0 Å². The molecule has 2 aromatic carbocycles. The third-order valence-electron chi connectivity index (χ3n) is 14.2. The molecule has 9 rings (SSSR count). The van der Waals surface area contributed by atoms with E-state index in [1.165, 1.54) is 22.3 Å². The molecule has 5 nitrogen and oxygen atoms in total. The van der Waals surface area contributed by atoms with Crippen LogP contribution in [0.15, 0.2) is 77.6 Å². The highest BCUT2D eigenvalue weighted by molar-refractivity contribution is 6.00. The zero-order valence-corrected chi connectivity index (χ0v) is 29.3. The van der Waals surface area contributed by atoms with Gasteiger partial charge >= 0.3 is 11.9 Å². The lowest BCUT2D eigenvalue weighted by molar-refractivity contribution is -0.278. The van der Waals surface area contributed by atoms with Crippen molar-refractivity contribution in [3.8, 4) is 0 Å². The van der Waals surface area contributed by atoms with Gasteiger partial charge in [-0.3, -0.25) is 4.79 Å². The highest BCUT2D eigenvalue weighted by Crippen LogP contribution is 2.87. The van der Waals surface area contributed by atoms with Gasteiger partial charge in [0, 0.05) is 17.4 Å². The van der Waals surface area contributed by atoms with Crippen LogP contribution in [0, 0.1) is 40.4 Å². The van der Waals surface area contributed by atoms with E-state index in [9.17, 15) is 4.79 Å². The maximum absolute atomic E-state index is 15.2. The number of aryl methyl sites for hydroxylation is 2. The first-order valence-electron chi connectivity index (χ1n) is 19.4. The zero-order chi connectivity index (χ0) is 33.5. The number of hydrogen-bond acceptors (Lipinski definition) is 5.